The third kappa shape index (κ3) is 5.58. The quantitative estimate of drug-likeness (QED) is 0.302. The van der Waals surface area contributed by atoms with Gasteiger partial charge in [0, 0.05) is 12.5 Å². The van der Waals surface area contributed by atoms with Gasteiger partial charge in [0.25, 0.3) is 0 Å². The van der Waals surface area contributed by atoms with Crippen LogP contribution < -0.4 is 25.0 Å². The highest BCUT2D eigenvalue weighted by Crippen LogP contribution is 2.50. The van der Waals surface area contributed by atoms with E-state index in [0.717, 1.165) is 5.56 Å². The first-order valence-corrected chi connectivity index (χ1v) is 13.6. The van der Waals surface area contributed by atoms with Gasteiger partial charge in [0.2, 0.25) is 17.9 Å². The molecule has 0 spiro atoms. The number of nitrogens with one attached hydrogen (secondary N) is 1. The van der Waals surface area contributed by atoms with Gasteiger partial charge >= 0.3 is 0 Å². The van der Waals surface area contributed by atoms with E-state index in [1.807, 2.05) is 12.3 Å². The second kappa shape index (κ2) is 12.1. The summed E-state index contributed by atoms with van der Waals surface area (Å²) in [5.74, 6) is 0.350. The highest BCUT2D eigenvalue weighted by Gasteiger charge is 2.45. The van der Waals surface area contributed by atoms with Crippen molar-refractivity contribution in [3.05, 3.63) is 45.6 Å². The summed E-state index contributed by atoms with van der Waals surface area (Å²) < 4.78 is 23.0. The number of ether oxygens (including phenoxy) is 4. The maximum Gasteiger partial charge on any atom is 0.229 e. The molecule has 2 unspecified atom stereocenters. The predicted octanol–water partition coefficient (Wildman–Crippen LogP) is 0.755. The lowest BCUT2D eigenvalue weighted by Gasteiger charge is -2.39. The number of aliphatic hydroxyl groups is 4. The number of hydrogen-bond acceptors (Lipinski definition) is 11. The van der Waals surface area contributed by atoms with Crippen molar-refractivity contribution in [2.45, 2.75) is 61.4 Å². The standard InChI is InChI=1S/C27H33NO10S/c1-12(30)28-16-7-5-13-9-18(37-27-24(34)23(33)22(32)19(11-29)38-27)25(35-2)26(36-3)21(13)14-6-8-20(39-4)17(31)10-15(14)16/h6,8-10,16,19,22-24,27,29,32-34H,5,7,11H2,1-4H3,(H,28,30)/t16?,19-,22-,23+,24-,27?/m1/s1. The van der Waals surface area contributed by atoms with E-state index in [9.17, 15) is 30.0 Å². The summed E-state index contributed by atoms with van der Waals surface area (Å²) in [6.45, 7) is 0.815. The van der Waals surface area contributed by atoms with Gasteiger partial charge in [0.15, 0.2) is 16.9 Å². The first-order chi connectivity index (χ1) is 18.6. The summed E-state index contributed by atoms with van der Waals surface area (Å²) in [6, 6.07) is 6.34. The number of hydrogen-bond donors (Lipinski definition) is 5. The number of aliphatic hydroxyl groups excluding tert-OH is 4. The third-order valence-electron chi connectivity index (χ3n) is 6.97. The molecule has 1 amide bonds. The number of thioether (sulfide) groups is 1. The van der Waals surface area contributed by atoms with Gasteiger partial charge in [0.1, 0.15) is 24.4 Å². The minimum atomic E-state index is -1.62. The fraction of sp³-hybridized carbons (Fsp3) is 0.481. The molecule has 1 fully saturated rings. The van der Waals surface area contributed by atoms with E-state index in [4.69, 9.17) is 18.9 Å². The van der Waals surface area contributed by atoms with Crippen LogP contribution in [0.5, 0.6) is 17.2 Å². The zero-order valence-electron chi connectivity index (χ0n) is 22.0. The van der Waals surface area contributed by atoms with Crippen LogP contribution in [-0.2, 0) is 16.0 Å². The molecular weight excluding hydrogens is 530 g/mol. The lowest BCUT2D eigenvalue weighted by molar-refractivity contribution is -0.277. The highest BCUT2D eigenvalue weighted by molar-refractivity contribution is 7.98. The first-order valence-electron chi connectivity index (χ1n) is 12.4. The van der Waals surface area contributed by atoms with Crippen molar-refractivity contribution in [1.82, 2.24) is 5.32 Å². The SMILES string of the molecule is COc1c(OC2O[C@H](CO)[C@@H](O)[C@H](O)[C@H]2O)cc2c(c1OC)-c1ccc(SC)c(=O)cc1C(NC(C)=O)CC2. The number of aryl methyl sites for hydroxylation is 1. The molecule has 11 nitrogen and oxygen atoms in total. The maximum atomic E-state index is 13.0. The first kappa shape index (κ1) is 29.1. The van der Waals surface area contributed by atoms with Crippen molar-refractivity contribution in [2.75, 3.05) is 27.1 Å². The van der Waals surface area contributed by atoms with Gasteiger partial charge in [-0.2, -0.15) is 0 Å². The number of carbonyl (C=O) groups excluding carboxylic acids is 1. The van der Waals surface area contributed by atoms with E-state index in [-0.39, 0.29) is 22.8 Å². The van der Waals surface area contributed by atoms with E-state index in [2.05, 4.69) is 5.32 Å². The number of amides is 1. The smallest absolute Gasteiger partial charge is 0.229 e. The average Bonchev–Trinajstić information content (AvgIpc) is 3.16. The van der Waals surface area contributed by atoms with Crippen LogP contribution in [-0.4, -0.2) is 84.1 Å². The molecule has 0 saturated carbocycles. The summed E-state index contributed by atoms with van der Waals surface area (Å²) in [5, 5.41) is 43.4. The van der Waals surface area contributed by atoms with Gasteiger partial charge in [-0.3, -0.25) is 9.59 Å². The Kier molecular flexibility index (Phi) is 9.04. The summed E-state index contributed by atoms with van der Waals surface area (Å²) in [4.78, 5) is 25.6. The predicted molar refractivity (Wildman–Crippen MR) is 142 cm³/mol. The van der Waals surface area contributed by atoms with E-state index < -0.39 is 43.4 Å². The van der Waals surface area contributed by atoms with Crippen molar-refractivity contribution in [2.24, 2.45) is 0 Å². The molecule has 6 atom stereocenters. The van der Waals surface area contributed by atoms with E-state index in [1.165, 1.54) is 32.9 Å². The molecule has 2 aliphatic rings. The van der Waals surface area contributed by atoms with Crippen molar-refractivity contribution < 1.29 is 44.2 Å². The largest absolute Gasteiger partial charge is 0.492 e. The van der Waals surface area contributed by atoms with E-state index in [0.29, 0.717) is 40.2 Å². The Morgan fingerprint density at radius 1 is 1.10 bits per heavy atom. The summed E-state index contributed by atoms with van der Waals surface area (Å²) in [7, 11) is 2.87. The highest BCUT2D eigenvalue weighted by atomic mass is 32.2. The van der Waals surface area contributed by atoms with Crippen LogP contribution in [0.25, 0.3) is 11.1 Å². The second-order valence-electron chi connectivity index (χ2n) is 9.36. The summed E-state index contributed by atoms with van der Waals surface area (Å²) in [5.41, 5.74) is 2.55. The molecule has 1 aliphatic carbocycles. The topological polar surface area (TPSA) is 164 Å². The van der Waals surface area contributed by atoms with Crippen LogP contribution in [0.2, 0.25) is 0 Å². The molecule has 0 bridgehead atoms. The number of rotatable bonds is 7. The van der Waals surface area contributed by atoms with Crippen LogP contribution in [0, 0.1) is 0 Å². The van der Waals surface area contributed by atoms with Crippen LogP contribution >= 0.6 is 11.8 Å². The molecule has 212 valence electrons. The Morgan fingerprint density at radius 3 is 2.44 bits per heavy atom. The van der Waals surface area contributed by atoms with Crippen LogP contribution in [0.15, 0.2) is 34.0 Å². The zero-order valence-corrected chi connectivity index (χ0v) is 22.9. The molecule has 2 aromatic carbocycles. The van der Waals surface area contributed by atoms with Gasteiger partial charge in [-0.25, -0.2) is 0 Å². The molecular formula is C27H33NO10S. The fourth-order valence-corrected chi connectivity index (χ4v) is 5.55. The molecule has 1 saturated heterocycles. The van der Waals surface area contributed by atoms with Gasteiger partial charge in [0.05, 0.1) is 31.8 Å². The van der Waals surface area contributed by atoms with Gasteiger partial charge in [-0.1, -0.05) is 6.07 Å². The molecule has 1 aliphatic heterocycles. The number of fused-ring (bicyclic) bond motifs is 3. The van der Waals surface area contributed by atoms with Crippen molar-refractivity contribution in [3.63, 3.8) is 0 Å². The molecule has 4 rings (SSSR count). The van der Waals surface area contributed by atoms with Crippen molar-refractivity contribution >= 4 is 17.7 Å². The fourth-order valence-electron chi connectivity index (χ4n) is 5.09. The van der Waals surface area contributed by atoms with Crippen molar-refractivity contribution in [1.29, 1.82) is 0 Å². The van der Waals surface area contributed by atoms with Crippen LogP contribution in [0.1, 0.15) is 30.5 Å². The number of benzene rings is 1. The van der Waals surface area contributed by atoms with Gasteiger partial charge < -0.3 is 44.7 Å². The number of carbonyl (C=O) groups is 1. The Bertz CT molecular complexity index is 1290. The monoisotopic (exact) mass is 563 g/mol. The molecule has 2 aromatic rings. The lowest BCUT2D eigenvalue weighted by Crippen LogP contribution is -2.60. The molecule has 1 heterocycles. The minimum Gasteiger partial charge on any atom is -0.492 e. The van der Waals surface area contributed by atoms with E-state index in [1.54, 1.807) is 18.2 Å². The Morgan fingerprint density at radius 2 is 1.82 bits per heavy atom. The molecule has 0 aromatic heterocycles. The number of methoxy groups -OCH3 is 2. The minimum absolute atomic E-state index is 0.131. The maximum absolute atomic E-state index is 13.0. The summed E-state index contributed by atoms with van der Waals surface area (Å²) >= 11 is 1.32. The molecule has 0 radical (unpaired) electrons. The third-order valence-corrected chi connectivity index (χ3v) is 7.75. The van der Waals surface area contributed by atoms with Gasteiger partial charge in [-0.15, -0.1) is 11.8 Å². The van der Waals surface area contributed by atoms with Crippen molar-refractivity contribution in [3.8, 4) is 28.4 Å². The lowest BCUT2D eigenvalue weighted by atomic mass is 9.95. The molecule has 39 heavy (non-hydrogen) atoms. The second-order valence-corrected chi connectivity index (χ2v) is 10.2. The average molecular weight is 564 g/mol. The van der Waals surface area contributed by atoms with Crippen LogP contribution in [0.3, 0.4) is 0 Å². The summed E-state index contributed by atoms with van der Waals surface area (Å²) in [6.07, 6.45) is -4.64. The molecule has 5 N–H and O–H groups in total. The Balaban J connectivity index is 1.89. The van der Waals surface area contributed by atoms with Gasteiger partial charge in [-0.05, 0) is 54.0 Å². The Labute approximate surface area is 229 Å². The molecule has 12 heteroatoms. The normalized spacial score (nSPS) is 26.1. The Hall–Kier alpha value is -2.87. The zero-order chi connectivity index (χ0) is 28.4. The van der Waals surface area contributed by atoms with E-state index >= 15 is 0 Å². The van der Waals surface area contributed by atoms with Crippen LogP contribution in [0.4, 0.5) is 0 Å².